The first kappa shape index (κ1) is 16.5. The van der Waals surface area contributed by atoms with Crippen molar-refractivity contribution in [2.24, 2.45) is 0 Å². The molecule has 0 fully saturated rings. The van der Waals surface area contributed by atoms with Gasteiger partial charge in [0.05, 0.1) is 13.0 Å². The first-order valence-electron chi connectivity index (χ1n) is 6.63. The third kappa shape index (κ3) is 4.85. The number of amides is 2. The van der Waals surface area contributed by atoms with Crippen molar-refractivity contribution in [2.75, 3.05) is 6.54 Å². The number of aliphatic carboxylic acids is 1. The maximum atomic E-state index is 12.1. The van der Waals surface area contributed by atoms with E-state index in [-0.39, 0.29) is 25.0 Å². The lowest BCUT2D eigenvalue weighted by molar-refractivity contribution is -0.137. The third-order valence-corrected chi connectivity index (χ3v) is 4.23. The number of hydrogen-bond acceptors (Lipinski definition) is 3. The van der Waals surface area contributed by atoms with Gasteiger partial charge in [0.25, 0.3) is 0 Å². The molecule has 1 heterocycles. The van der Waals surface area contributed by atoms with Crippen LogP contribution in [0.1, 0.15) is 35.6 Å². The smallest absolute Gasteiger partial charge is 0.317 e. The fraction of sp³-hybridized carbons (Fsp3) is 0.571. The molecule has 1 aromatic rings. The highest BCUT2D eigenvalue weighted by Crippen LogP contribution is 2.20. The highest BCUT2D eigenvalue weighted by atomic mass is 32.1. The highest BCUT2D eigenvalue weighted by Gasteiger charge is 2.17. The molecule has 1 rings (SSSR count). The lowest BCUT2D eigenvalue weighted by Gasteiger charge is -2.26. The number of urea groups is 1. The predicted molar refractivity (Wildman–Crippen MR) is 80.1 cm³/mol. The number of rotatable bonds is 6. The summed E-state index contributed by atoms with van der Waals surface area (Å²) in [6.07, 6.45) is -0.0389. The van der Waals surface area contributed by atoms with Crippen molar-refractivity contribution < 1.29 is 14.7 Å². The van der Waals surface area contributed by atoms with Gasteiger partial charge in [0, 0.05) is 22.3 Å². The second kappa shape index (κ2) is 7.28. The number of nitrogens with one attached hydrogen (secondary N) is 1. The molecule has 0 bridgehead atoms. The summed E-state index contributed by atoms with van der Waals surface area (Å²) >= 11 is 1.67. The Morgan fingerprint density at radius 2 is 2.05 bits per heavy atom. The topological polar surface area (TPSA) is 69.6 Å². The Morgan fingerprint density at radius 1 is 1.40 bits per heavy atom. The van der Waals surface area contributed by atoms with Crippen molar-refractivity contribution in [1.82, 2.24) is 10.2 Å². The van der Waals surface area contributed by atoms with Crippen LogP contribution < -0.4 is 5.32 Å². The minimum Gasteiger partial charge on any atom is -0.481 e. The molecule has 0 aliphatic carbocycles. The van der Waals surface area contributed by atoms with Crippen LogP contribution in [0.25, 0.3) is 0 Å². The Balaban J connectivity index is 2.55. The quantitative estimate of drug-likeness (QED) is 0.848. The van der Waals surface area contributed by atoms with Crippen LogP contribution >= 0.6 is 11.3 Å². The van der Waals surface area contributed by atoms with Gasteiger partial charge in [-0.15, -0.1) is 11.3 Å². The summed E-state index contributed by atoms with van der Waals surface area (Å²) in [7, 11) is 0. The summed E-state index contributed by atoms with van der Waals surface area (Å²) in [6, 6.07) is 1.82. The van der Waals surface area contributed by atoms with Gasteiger partial charge >= 0.3 is 12.0 Å². The van der Waals surface area contributed by atoms with E-state index in [0.29, 0.717) is 6.54 Å². The maximum absolute atomic E-state index is 12.1. The zero-order valence-electron chi connectivity index (χ0n) is 12.4. The van der Waals surface area contributed by atoms with E-state index in [4.69, 9.17) is 5.11 Å². The van der Waals surface area contributed by atoms with E-state index in [1.807, 2.05) is 20.8 Å². The fourth-order valence-corrected chi connectivity index (χ4v) is 2.80. The lowest BCUT2D eigenvalue weighted by atomic mass is 10.3. The van der Waals surface area contributed by atoms with E-state index in [0.717, 1.165) is 4.88 Å². The van der Waals surface area contributed by atoms with Crippen molar-refractivity contribution in [3.05, 3.63) is 21.4 Å². The van der Waals surface area contributed by atoms with Gasteiger partial charge in [-0.3, -0.25) is 4.79 Å². The molecule has 2 N–H and O–H groups in total. The molecular weight excluding hydrogens is 276 g/mol. The molecule has 0 unspecified atom stereocenters. The second-order valence-corrected chi connectivity index (χ2v) is 6.38. The van der Waals surface area contributed by atoms with Crippen LogP contribution in [0.15, 0.2) is 6.07 Å². The first-order valence-corrected chi connectivity index (χ1v) is 7.45. The number of carboxylic acid groups (broad SMARTS) is 1. The molecule has 5 nitrogen and oxygen atoms in total. The van der Waals surface area contributed by atoms with Crippen molar-refractivity contribution in [2.45, 2.75) is 46.7 Å². The Labute approximate surface area is 123 Å². The first-order chi connectivity index (χ1) is 9.31. The summed E-state index contributed by atoms with van der Waals surface area (Å²) in [5.41, 5.74) is 1.23. The van der Waals surface area contributed by atoms with E-state index in [9.17, 15) is 9.59 Å². The maximum Gasteiger partial charge on any atom is 0.317 e. The largest absolute Gasteiger partial charge is 0.481 e. The molecule has 20 heavy (non-hydrogen) atoms. The van der Waals surface area contributed by atoms with Gasteiger partial charge in [-0.25, -0.2) is 4.79 Å². The van der Waals surface area contributed by atoms with E-state index in [1.165, 1.54) is 10.4 Å². The minimum atomic E-state index is -0.895. The number of carbonyl (C=O) groups excluding carboxylic acids is 1. The summed E-state index contributed by atoms with van der Waals surface area (Å²) in [4.78, 5) is 26.6. The number of carbonyl (C=O) groups is 2. The fourth-order valence-electron chi connectivity index (χ4n) is 1.81. The van der Waals surface area contributed by atoms with E-state index in [1.54, 1.807) is 16.2 Å². The van der Waals surface area contributed by atoms with Crippen LogP contribution in [0.4, 0.5) is 4.79 Å². The molecular formula is C14H22N2O3S. The van der Waals surface area contributed by atoms with Gasteiger partial charge in [-0.2, -0.15) is 0 Å². The molecule has 0 atom stereocenters. The summed E-state index contributed by atoms with van der Waals surface area (Å²) in [5, 5.41) is 11.6. The molecule has 0 saturated carbocycles. The van der Waals surface area contributed by atoms with Crippen LogP contribution in [0.3, 0.4) is 0 Å². The Bertz CT molecular complexity index is 463. The third-order valence-electron chi connectivity index (χ3n) is 3.08. The monoisotopic (exact) mass is 298 g/mol. The van der Waals surface area contributed by atoms with Gasteiger partial charge in [-0.1, -0.05) is 0 Å². The molecule has 1 aromatic heterocycles. The molecule has 0 radical (unpaired) electrons. The molecule has 0 saturated heterocycles. The van der Waals surface area contributed by atoms with Crippen LogP contribution in [0.5, 0.6) is 0 Å². The van der Waals surface area contributed by atoms with E-state index < -0.39 is 5.97 Å². The molecule has 2 amide bonds. The Kier molecular flexibility index (Phi) is 6.01. The number of nitrogens with zero attached hydrogens (tertiary/aromatic N) is 1. The van der Waals surface area contributed by atoms with Gasteiger partial charge in [0.1, 0.15) is 0 Å². The average molecular weight is 298 g/mol. The van der Waals surface area contributed by atoms with Gasteiger partial charge in [0.2, 0.25) is 0 Å². The summed E-state index contributed by atoms with van der Waals surface area (Å²) < 4.78 is 0. The van der Waals surface area contributed by atoms with Gasteiger partial charge < -0.3 is 15.3 Å². The number of aryl methyl sites for hydroxylation is 2. The molecule has 0 spiro atoms. The number of carboxylic acids is 1. The van der Waals surface area contributed by atoms with Crippen molar-refractivity contribution >= 4 is 23.3 Å². The van der Waals surface area contributed by atoms with Gasteiger partial charge in [0.15, 0.2) is 0 Å². The predicted octanol–water partition coefficient (Wildman–Crippen LogP) is 2.76. The van der Waals surface area contributed by atoms with Crippen LogP contribution in [-0.2, 0) is 11.3 Å². The highest BCUT2D eigenvalue weighted by molar-refractivity contribution is 7.12. The van der Waals surface area contributed by atoms with E-state index in [2.05, 4.69) is 18.3 Å². The minimum absolute atomic E-state index is 0.0267. The summed E-state index contributed by atoms with van der Waals surface area (Å²) in [5.74, 6) is -0.895. The van der Waals surface area contributed by atoms with Crippen LogP contribution in [0, 0.1) is 13.8 Å². The Morgan fingerprint density at radius 3 is 2.50 bits per heavy atom. The van der Waals surface area contributed by atoms with Crippen molar-refractivity contribution in [3.8, 4) is 0 Å². The number of hydrogen-bond donors (Lipinski definition) is 2. The standard InChI is InChI=1S/C14H22N2O3S/c1-9(2)16(6-5-13(17)18)14(19)15-8-12-7-10(3)11(4)20-12/h7,9H,5-6,8H2,1-4H3,(H,15,19)(H,17,18). The Hall–Kier alpha value is -1.56. The molecule has 0 aliphatic rings. The molecule has 112 valence electrons. The molecule has 0 aliphatic heterocycles. The zero-order chi connectivity index (χ0) is 15.3. The molecule has 6 heteroatoms. The number of thiophene rings is 1. The van der Waals surface area contributed by atoms with Crippen molar-refractivity contribution in [3.63, 3.8) is 0 Å². The van der Waals surface area contributed by atoms with Crippen LogP contribution in [-0.4, -0.2) is 34.6 Å². The van der Waals surface area contributed by atoms with E-state index >= 15 is 0 Å². The second-order valence-electron chi connectivity index (χ2n) is 5.04. The van der Waals surface area contributed by atoms with Crippen molar-refractivity contribution in [1.29, 1.82) is 0 Å². The summed E-state index contributed by atoms with van der Waals surface area (Å²) in [6.45, 7) is 8.56. The van der Waals surface area contributed by atoms with Gasteiger partial charge in [-0.05, 0) is 39.3 Å². The average Bonchev–Trinajstić information content (AvgIpc) is 2.65. The lowest BCUT2D eigenvalue weighted by Crippen LogP contribution is -2.44. The SMILES string of the molecule is Cc1cc(CNC(=O)N(CCC(=O)O)C(C)C)sc1C. The zero-order valence-corrected chi connectivity index (χ0v) is 13.2. The molecule has 0 aromatic carbocycles. The normalized spacial score (nSPS) is 10.7. The van der Waals surface area contributed by atoms with Crippen LogP contribution in [0.2, 0.25) is 0 Å².